The number of hydrogen-bond donors (Lipinski definition) is 0. The fourth-order valence-electron chi connectivity index (χ4n) is 4.63. The molecule has 0 radical (unpaired) electrons. The topological polar surface area (TPSA) is 103 Å². The Morgan fingerprint density at radius 1 is 1.00 bits per heavy atom. The first-order chi connectivity index (χ1) is 17.4. The number of ether oxygens (including phenoxy) is 2. The van der Waals surface area contributed by atoms with Crippen molar-refractivity contribution in [1.82, 2.24) is 23.9 Å². The van der Waals surface area contributed by atoms with Crippen LogP contribution in [0.4, 0.5) is 0 Å². The maximum absolute atomic E-state index is 13.2. The molecule has 36 heavy (non-hydrogen) atoms. The number of sulfonamides is 1. The minimum atomic E-state index is -3.59. The van der Waals surface area contributed by atoms with Crippen molar-refractivity contribution in [2.45, 2.75) is 42.6 Å². The predicted molar refractivity (Wildman–Crippen MR) is 137 cm³/mol. The first-order valence-electron chi connectivity index (χ1n) is 12.4. The van der Waals surface area contributed by atoms with Crippen LogP contribution in [0, 0.1) is 13.8 Å². The van der Waals surface area contributed by atoms with E-state index >= 15 is 0 Å². The Bertz CT molecular complexity index is 1270. The van der Waals surface area contributed by atoms with Gasteiger partial charge in [-0.3, -0.25) is 4.90 Å². The largest absolute Gasteiger partial charge is 0.379 e. The molecular weight excluding hydrogens is 502 g/mol. The molecule has 0 N–H and O–H groups in total. The van der Waals surface area contributed by atoms with Gasteiger partial charge in [-0.1, -0.05) is 16.9 Å². The second-order valence-electron chi connectivity index (χ2n) is 9.11. The minimum absolute atomic E-state index is 0.275. The Morgan fingerprint density at radius 2 is 1.72 bits per heavy atom. The molecule has 2 aliphatic rings. The second-order valence-corrected chi connectivity index (χ2v) is 12.0. The summed E-state index contributed by atoms with van der Waals surface area (Å²) in [5.74, 6) is 1.50. The van der Waals surface area contributed by atoms with E-state index in [0.29, 0.717) is 37.6 Å². The highest BCUT2D eigenvalue weighted by Gasteiger charge is 2.27. The number of benzene rings is 1. The molecule has 2 fully saturated rings. The summed E-state index contributed by atoms with van der Waals surface area (Å²) in [6.45, 7) is 10.7. The number of morpholine rings is 2. The highest BCUT2D eigenvalue weighted by molar-refractivity contribution is 7.98. The average molecular weight is 536 g/mol. The molecule has 0 unspecified atom stereocenters. The fourth-order valence-corrected chi connectivity index (χ4v) is 7.25. The van der Waals surface area contributed by atoms with Crippen LogP contribution < -0.4 is 0 Å². The summed E-state index contributed by atoms with van der Waals surface area (Å²) in [5, 5.41) is 4.93. The van der Waals surface area contributed by atoms with Gasteiger partial charge < -0.3 is 18.6 Å². The number of hydrogen-bond acceptors (Lipinski definition) is 9. The molecule has 5 rings (SSSR count). The maximum Gasteiger partial charge on any atom is 0.243 e. The SMILES string of the molecule is Cc1noc(C)c1CSc1nc2cc(S(=O)(=O)N3CCOCC3)ccc2n1CCCN1CCOCC1. The van der Waals surface area contributed by atoms with E-state index in [4.69, 9.17) is 19.0 Å². The number of nitrogens with zero attached hydrogens (tertiary/aromatic N) is 5. The first kappa shape index (κ1) is 25.7. The molecule has 0 aliphatic carbocycles. The molecule has 0 atom stereocenters. The highest BCUT2D eigenvalue weighted by atomic mass is 32.2. The molecular formula is C24H33N5O5S2. The Kier molecular flexibility index (Phi) is 7.99. The molecule has 10 nitrogen and oxygen atoms in total. The third-order valence-corrected chi connectivity index (χ3v) is 9.68. The van der Waals surface area contributed by atoms with E-state index in [0.717, 1.165) is 73.5 Å². The van der Waals surface area contributed by atoms with E-state index in [1.54, 1.807) is 23.9 Å². The van der Waals surface area contributed by atoms with Crippen molar-refractivity contribution in [3.05, 3.63) is 35.2 Å². The normalized spacial score (nSPS) is 18.3. The van der Waals surface area contributed by atoms with Crippen LogP contribution >= 0.6 is 11.8 Å². The van der Waals surface area contributed by atoms with Crippen molar-refractivity contribution in [3.8, 4) is 0 Å². The molecule has 2 saturated heterocycles. The number of fused-ring (bicyclic) bond motifs is 1. The van der Waals surface area contributed by atoms with Crippen LogP contribution in [0.3, 0.4) is 0 Å². The number of aromatic nitrogens is 3. The molecule has 1 aromatic carbocycles. The van der Waals surface area contributed by atoms with E-state index in [-0.39, 0.29) is 4.90 Å². The zero-order valence-electron chi connectivity index (χ0n) is 20.8. The van der Waals surface area contributed by atoms with Crippen molar-refractivity contribution in [2.75, 3.05) is 59.2 Å². The van der Waals surface area contributed by atoms with Gasteiger partial charge in [-0.15, -0.1) is 0 Å². The van der Waals surface area contributed by atoms with E-state index < -0.39 is 10.0 Å². The second kappa shape index (κ2) is 11.2. The third-order valence-electron chi connectivity index (χ3n) is 6.78. The van der Waals surface area contributed by atoms with Crippen LogP contribution in [0.5, 0.6) is 0 Å². The van der Waals surface area contributed by atoms with Crippen molar-refractivity contribution >= 4 is 32.8 Å². The highest BCUT2D eigenvalue weighted by Crippen LogP contribution is 2.31. The Balaban J connectivity index is 1.41. The zero-order chi connectivity index (χ0) is 25.1. The van der Waals surface area contributed by atoms with E-state index in [2.05, 4.69) is 14.6 Å². The summed E-state index contributed by atoms with van der Waals surface area (Å²) in [4.78, 5) is 7.59. The molecule has 12 heteroatoms. The Morgan fingerprint density at radius 3 is 2.42 bits per heavy atom. The molecule has 0 amide bonds. The van der Waals surface area contributed by atoms with Gasteiger partial charge >= 0.3 is 0 Å². The molecule has 3 aromatic rings. The van der Waals surface area contributed by atoms with Crippen LogP contribution in [0.1, 0.15) is 23.4 Å². The maximum atomic E-state index is 13.2. The number of rotatable bonds is 9. The number of aryl methyl sites for hydroxylation is 3. The van der Waals surface area contributed by atoms with Crippen LogP contribution in [-0.4, -0.2) is 91.5 Å². The summed E-state index contributed by atoms with van der Waals surface area (Å²) in [7, 11) is -3.59. The molecule has 196 valence electrons. The van der Waals surface area contributed by atoms with E-state index in [1.165, 1.54) is 4.31 Å². The van der Waals surface area contributed by atoms with Gasteiger partial charge in [-0.05, 0) is 38.5 Å². The quantitative estimate of drug-likeness (QED) is 0.383. The van der Waals surface area contributed by atoms with Crippen molar-refractivity contribution < 1.29 is 22.4 Å². The van der Waals surface area contributed by atoms with Gasteiger partial charge in [0.25, 0.3) is 0 Å². The smallest absolute Gasteiger partial charge is 0.243 e. The van der Waals surface area contributed by atoms with Crippen molar-refractivity contribution in [3.63, 3.8) is 0 Å². The van der Waals surface area contributed by atoms with E-state index in [1.807, 2.05) is 19.9 Å². The van der Waals surface area contributed by atoms with Crippen LogP contribution in [-0.2, 0) is 31.8 Å². The Labute approximate surface area is 216 Å². The minimum Gasteiger partial charge on any atom is -0.379 e. The molecule has 0 spiro atoms. The van der Waals surface area contributed by atoms with Gasteiger partial charge in [0, 0.05) is 50.6 Å². The zero-order valence-corrected chi connectivity index (χ0v) is 22.4. The molecule has 4 heterocycles. The summed E-state index contributed by atoms with van der Waals surface area (Å²) in [6.07, 6.45) is 0.970. The standard InChI is InChI=1S/C24H33N5O5S2/c1-18-21(19(2)34-26-18)17-35-24-25-22-16-20(36(30,31)28-10-14-33-15-11-28)4-5-23(22)29(24)7-3-6-27-8-12-32-13-9-27/h4-5,16H,3,6-15,17H2,1-2H3. The molecule has 0 saturated carbocycles. The van der Waals surface area contributed by atoms with Crippen LogP contribution in [0.15, 0.2) is 32.8 Å². The molecule has 0 bridgehead atoms. The van der Waals surface area contributed by atoms with Crippen molar-refractivity contribution in [1.29, 1.82) is 0 Å². The van der Waals surface area contributed by atoms with Gasteiger partial charge in [0.1, 0.15) is 5.76 Å². The lowest BCUT2D eigenvalue weighted by atomic mass is 10.2. The first-order valence-corrected chi connectivity index (χ1v) is 14.8. The van der Waals surface area contributed by atoms with Gasteiger partial charge in [-0.25, -0.2) is 13.4 Å². The van der Waals surface area contributed by atoms with Gasteiger partial charge in [0.05, 0.1) is 48.1 Å². The van der Waals surface area contributed by atoms with Crippen LogP contribution in [0.25, 0.3) is 11.0 Å². The summed E-state index contributed by atoms with van der Waals surface area (Å²) in [6, 6.07) is 5.30. The number of imidazole rings is 1. The van der Waals surface area contributed by atoms with E-state index in [9.17, 15) is 8.42 Å². The lowest BCUT2D eigenvalue weighted by Crippen LogP contribution is -2.40. The summed E-state index contributed by atoms with van der Waals surface area (Å²) >= 11 is 1.63. The molecule has 2 aromatic heterocycles. The lowest BCUT2D eigenvalue weighted by molar-refractivity contribution is 0.0369. The predicted octanol–water partition coefficient (Wildman–Crippen LogP) is 2.68. The molecule has 2 aliphatic heterocycles. The lowest BCUT2D eigenvalue weighted by Gasteiger charge is -2.26. The van der Waals surface area contributed by atoms with Gasteiger partial charge in [-0.2, -0.15) is 4.31 Å². The van der Waals surface area contributed by atoms with Gasteiger partial charge in [0.2, 0.25) is 10.0 Å². The monoisotopic (exact) mass is 535 g/mol. The Hall–Kier alpha value is -1.96. The van der Waals surface area contributed by atoms with Crippen molar-refractivity contribution in [2.24, 2.45) is 0 Å². The fraction of sp³-hybridized carbons (Fsp3) is 0.583. The average Bonchev–Trinajstić information content (AvgIpc) is 3.41. The number of thioether (sulfide) groups is 1. The van der Waals surface area contributed by atoms with Crippen LogP contribution in [0.2, 0.25) is 0 Å². The van der Waals surface area contributed by atoms with Gasteiger partial charge in [0.15, 0.2) is 5.16 Å². The third kappa shape index (κ3) is 5.48. The summed E-state index contributed by atoms with van der Waals surface area (Å²) in [5.41, 5.74) is 3.59. The summed E-state index contributed by atoms with van der Waals surface area (Å²) < 4.78 is 46.3.